The van der Waals surface area contributed by atoms with Crippen molar-refractivity contribution < 1.29 is 13.6 Å². The van der Waals surface area contributed by atoms with Crippen molar-refractivity contribution in [3.8, 4) is 0 Å². The molecule has 0 spiro atoms. The molecule has 2 aromatic carbocycles. The third-order valence-electron chi connectivity index (χ3n) is 3.45. The Hall–Kier alpha value is -3.46. The fraction of sp³-hybridized carbons (Fsp3) is 0. The van der Waals surface area contributed by atoms with Crippen LogP contribution in [0.25, 0.3) is 0 Å². The Morgan fingerprint density at radius 1 is 1.07 bits per heavy atom. The summed E-state index contributed by atoms with van der Waals surface area (Å²) in [5.41, 5.74) is 11.1. The van der Waals surface area contributed by atoms with Crippen LogP contribution in [0.4, 0.5) is 31.8 Å². The normalized spacial score (nSPS) is 10.3. The molecule has 27 heavy (non-hydrogen) atoms. The van der Waals surface area contributed by atoms with E-state index in [4.69, 9.17) is 17.3 Å². The van der Waals surface area contributed by atoms with Gasteiger partial charge in [-0.2, -0.15) is 0 Å². The van der Waals surface area contributed by atoms with Gasteiger partial charge in [-0.3, -0.25) is 15.6 Å². The van der Waals surface area contributed by atoms with Crippen molar-refractivity contribution >= 4 is 40.5 Å². The molecule has 0 bridgehead atoms. The van der Waals surface area contributed by atoms with Crippen LogP contribution < -0.4 is 21.9 Å². The van der Waals surface area contributed by atoms with Gasteiger partial charge in [0.05, 0.1) is 5.69 Å². The Labute approximate surface area is 157 Å². The van der Waals surface area contributed by atoms with Crippen LogP contribution in [0.1, 0.15) is 10.4 Å². The molecule has 1 aromatic heterocycles. The number of benzene rings is 2. The van der Waals surface area contributed by atoms with E-state index in [1.807, 2.05) is 0 Å². The molecular weight excluding hydrogens is 378 g/mol. The quantitative estimate of drug-likeness (QED) is 0.497. The van der Waals surface area contributed by atoms with Gasteiger partial charge in [0.15, 0.2) is 11.6 Å². The minimum Gasteiger partial charge on any atom is -0.393 e. The van der Waals surface area contributed by atoms with Crippen LogP contribution in [0.15, 0.2) is 48.8 Å². The van der Waals surface area contributed by atoms with Crippen molar-refractivity contribution in [2.45, 2.75) is 0 Å². The van der Waals surface area contributed by atoms with Gasteiger partial charge in [-0.05, 0) is 30.3 Å². The van der Waals surface area contributed by atoms with Crippen LogP contribution in [-0.4, -0.2) is 15.9 Å². The molecule has 7 nitrogen and oxygen atoms in total. The van der Waals surface area contributed by atoms with Crippen molar-refractivity contribution in [3.63, 3.8) is 0 Å². The second-order valence-corrected chi connectivity index (χ2v) is 5.76. The summed E-state index contributed by atoms with van der Waals surface area (Å²) in [6.07, 6.45) is 1.14. The second-order valence-electron chi connectivity index (χ2n) is 5.32. The third kappa shape index (κ3) is 4.39. The van der Waals surface area contributed by atoms with Gasteiger partial charge in [-0.1, -0.05) is 17.7 Å². The Kier molecular flexibility index (Phi) is 5.32. The van der Waals surface area contributed by atoms with E-state index < -0.39 is 17.5 Å². The zero-order valence-electron chi connectivity index (χ0n) is 13.6. The van der Waals surface area contributed by atoms with E-state index in [2.05, 4.69) is 26.1 Å². The van der Waals surface area contributed by atoms with Crippen molar-refractivity contribution in [1.29, 1.82) is 0 Å². The predicted molar refractivity (Wildman–Crippen MR) is 98.6 cm³/mol. The van der Waals surface area contributed by atoms with Crippen LogP contribution in [0.3, 0.4) is 0 Å². The number of halogens is 3. The molecule has 10 heteroatoms. The van der Waals surface area contributed by atoms with E-state index >= 15 is 0 Å². The number of hydrogen-bond acceptors (Lipinski definition) is 6. The number of amides is 1. The van der Waals surface area contributed by atoms with E-state index in [9.17, 15) is 13.6 Å². The van der Waals surface area contributed by atoms with Crippen LogP contribution in [-0.2, 0) is 0 Å². The van der Waals surface area contributed by atoms with Gasteiger partial charge in [0, 0.05) is 16.7 Å². The number of carbonyl (C=O) groups excluding carboxylic acids is 1. The molecule has 1 amide bonds. The van der Waals surface area contributed by atoms with Crippen LogP contribution in [0.2, 0.25) is 5.02 Å². The van der Waals surface area contributed by atoms with E-state index in [1.54, 1.807) is 18.2 Å². The maximum Gasteiger partial charge on any atom is 0.269 e. The number of rotatable bonds is 5. The highest BCUT2D eigenvalue weighted by molar-refractivity contribution is 6.30. The molecule has 0 aliphatic rings. The average molecular weight is 391 g/mol. The zero-order valence-corrected chi connectivity index (χ0v) is 14.4. The molecule has 0 fully saturated rings. The number of carbonyl (C=O) groups is 1. The Morgan fingerprint density at radius 3 is 2.63 bits per heavy atom. The van der Waals surface area contributed by atoms with E-state index in [1.165, 1.54) is 6.07 Å². The Morgan fingerprint density at radius 2 is 1.85 bits per heavy atom. The summed E-state index contributed by atoms with van der Waals surface area (Å²) in [6.45, 7) is 0. The van der Waals surface area contributed by atoms with Crippen LogP contribution in [0.5, 0.6) is 0 Å². The Bertz CT molecular complexity index is 1000. The summed E-state index contributed by atoms with van der Waals surface area (Å²) in [7, 11) is 0. The molecule has 5 N–H and O–H groups in total. The first kappa shape index (κ1) is 18.3. The lowest BCUT2D eigenvalue weighted by Gasteiger charge is -2.13. The molecule has 3 rings (SSSR count). The van der Waals surface area contributed by atoms with Crippen molar-refractivity contribution in [3.05, 3.63) is 71.0 Å². The molecule has 0 radical (unpaired) electrons. The molecular formula is C17H13ClF2N6O. The maximum atomic E-state index is 13.8. The zero-order chi connectivity index (χ0) is 19.4. The molecule has 1 heterocycles. The highest BCUT2D eigenvalue weighted by Gasteiger charge is 2.12. The topological polar surface area (TPSA) is 105 Å². The van der Waals surface area contributed by atoms with E-state index in [-0.39, 0.29) is 23.0 Å². The number of nitrogens with zero attached hydrogens (tertiary/aromatic N) is 2. The average Bonchev–Trinajstić information content (AvgIpc) is 2.65. The summed E-state index contributed by atoms with van der Waals surface area (Å²) in [6, 6.07) is 9.25. The Balaban J connectivity index is 1.75. The second kappa shape index (κ2) is 7.83. The van der Waals surface area contributed by atoms with Crippen molar-refractivity contribution in [1.82, 2.24) is 15.4 Å². The van der Waals surface area contributed by atoms with Gasteiger partial charge < -0.3 is 11.1 Å². The van der Waals surface area contributed by atoms with E-state index in [0.717, 1.165) is 24.5 Å². The monoisotopic (exact) mass is 390 g/mol. The summed E-state index contributed by atoms with van der Waals surface area (Å²) in [4.78, 5) is 19.9. The highest BCUT2D eigenvalue weighted by Crippen LogP contribution is 2.27. The number of hydrazine groups is 1. The van der Waals surface area contributed by atoms with Gasteiger partial charge in [0.1, 0.15) is 23.6 Å². The number of aromatic nitrogens is 2. The molecule has 0 saturated heterocycles. The molecule has 0 aliphatic carbocycles. The lowest BCUT2D eigenvalue weighted by Crippen LogP contribution is -2.30. The predicted octanol–water partition coefficient (Wildman–Crippen LogP) is 3.49. The molecule has 0 aliphatic heterocycles. The van der Waals surface area contributed by atoms with Gasteiger partial charge in [0.25, 0.3) is 5.91 Å². The largest absolute Gasteiger partial charge is 0.393 e. The standard InChI is InChI=1S/C17H13ClF2N6O/c18-10-3-1-2-9(6-10)17(27)26-25-16-14(21)15(22-8-23-16)24-13-7-11(19)4-5-12(13)20/h1-8H,21H2,(H,26,27)(H2,22,23,24,25). The number of nitrogens with two attached hydrogens (primary N) is 1. The molecule has 0 unspecified atom stereocenters. The van der Waals surface area contributed by atoms with Gasteiger partial charge in [-0.25, -0.2) is 18.7 Å². The number of anilines is 4. The summed E-state index contributed by atoms with van der Waals surface area (Å²) in [5, 5.41) is 3.00. The third-order valence-corrected chi connectivity index (χ3v) is 3.68. The summed E-state index contributed by atoms with van der Waals surface area (Å²) in [5.74, 6) is -1.67. The van der Waals surface area contributed by atoms with Gasteiger partial charge >= 0.3 is 0 Å². The van der Waals surface area contributed by atoms with Crippen molar-refractivity contribution in [2.24, 2.45) is 0 Å². The lowest BCUT2D eigenvalue weighted by molar-refractivity contribution is 0.0962. The van der Waals surface area contributed by atoms with Gasteiger partial charge in [0.2, 0.25) is 0 Å². The minimum absolute atomic E-state index is 0.00689. The van der Waals surface area contributed by atoms with Crippen LogP contribution in [0, 0.1) is 11.6 Å². The molecule has 0 atom stereocenters. The first-order valence-electron chi connectivity index (χ1n) is 7.58. The fourth-order valence-electron chi connectivity index (χ4n) is 2.13. The first-order valence-corrected chi connectivity index (χ1v) is 7.96. The lowest BCUT2D eigenvalue weighted by atomic mass is 10.2. The highest BCUT2D eigenvalue weighted by atomic mass is 35.5. The van der Waals surface area contributed by atoms with Gasteiger partial charge in [-0.15, -0.1) is 0 Å². The number of nitrogen functional groups attached to an aromatic ring is 1. The number of hydrogen-bond donors (Lipinski definition) is 4. The minimum atomic E-state index is -0.682. The molecule has 138 valence electrons. The SMILES string of the molecule is Nc1c(NNC(=O)c2cccc(Cl)c2)ncnc1Nc1cc(F)ccc1F. The smallest absolute Gasteiger partial charge is 0.269 e. The summed E-state index contributed by atoms with van der Waals surface area (Å²) < 4.78 is 27.1. The van der Waals surface area contributed by atoms with Crippen LogP contribution >= 0.6 is 11.6 Å². The summed E-state index contributed by atoms with van der Waals surface area (Å²) >= 11 is 5.85. The van der Waals surface area contributed by atoms with E-state index in [0.29, 0.717) is 10.6 Å². The number of nitrogens with one attached hydrogen (secondary N) is 3. The first-order chi connectivity index (χ1) is 12.9. The maximum absolute atomic E-state index is 13.8. The fourth-order valence-corrected chi connectivity index (χ4v) is 2.32. The molecule has 3 aromatic rings. The van der Waals surface area contributed by atoms with Crippen molar-refractivity contribution in [2.75, 3.05) is 16.5 Å². The molecule has 0 saturated carbocycles.